The summed E-state index contributed by atoms with van der Waals surface area (Å²) in [5, 5.41) is 27.6. The van der Waals surface area contributed by atoms with Crippen molar-refractivity contribution in [3.8, 4) is 17.5 Å². The lowest BCUT2D eigenvalue weighted by Gasteiger charge is -2.03. The molecule has 0 radical (unpaired) electrons. The summed E-state index contributed by atoms with van der Waals surface area (Å²) >= 11 is 0. The number of hydrogen-bond donors (Lipinski definition) is 1. The number of nitrogens with zero attached hydrogens (tertiary/aromatic N) is 5. The summed E-state index contributed by atoms with van der Waals surface area (Å²) in [5.41, 5.74) is 6.73. The van der Waals surface area contributed by atoms with Crippen molar-refractivity contribution in [2.75, 3.05) is 0 Å². The molecule has 1 aliphatic carbocycles. The number of rotatable bonds is 1. The zero-order valence-corrected chi connectivity index (χ0v) is 15.9. The van der Waals surface area contributed by atoms with E-state index in [1.807, 2.05) is 31.4 Å². The molecule has 5 rings (SSSR count). The maximum absolute atomic E-state index is 9.46. The molecule has 0 fully saturated rings. The van der Waals surface area contributed by atoms with E-state index in [4.69, 9.17) is 5.26 Å². The van der Waals surface area contributed by atoms with Gasteiger partial charge in [0.25, 0.3) is 0 Å². The Morgan fingerprint density at radius 1 is 1.11 bits per heavy atom. The van der Waals surface area contributed by atoms with Crippen molar-refractivity contribution in [2.45, 2.75) is 26.2 Å². The minimum absolute atomic E-state index is 0.234. The third-order valence-corrected chi connectivity index (χ3v) is 5.06. The summed E-state index contributed by atoms with van der Waals surface area (Å²) in [7, 11) is 1.85. The minimum Gasteiger partial charge on any atom is -0.508 e. The number of aromatic nitrogens is 4. The van der Waals surface area contributed by atoms with Crippen LogP contribution < -0.4 is 0 Å². The molecule has 0 saturated heterocycles. The van der Waals surface area contributed by atoms with Crippen molar-refractivity contribution in [3.05, 3.63) is 71.2 Å². The number of phenols is 1. The normalized spacial score (nSPS) is 12.3. The van der Waals surface area contributed by atoms with Crippen molar-refractivity contribution < 1.29 is 5.11 Å². The standard InChI is InChI=1S/C11H10N4O.C11H11N/c1-14-7-9(6-12-14)15-11-4-10(16)3-2-8(11)5-13-15;1-8-5-9(7-12)6-10-3-2-4-11(8)10/h2-7,16H,1H3;5-6H,2-4H2,1H3. The Balaban J connectivity index is 0.000000143. The van der Waals surface area contributed by atoms with Gasteiger partial charge < -0.3 is 5.11 Å². The lowest BCUT2D eigenvalue weighted by Crippen LogP contribution is -1.93. The van der Waals surface area contributed by atoms with E-state index in [0.29, 0.717) is 0 Å². The molecule has 6 nitrogen and oxygen atoms in total. The number of aromatic hydroxyl groups is 1. The van der Waals surface area contributed by atoms with Crippen molar-refractivity contribution in [1.29, 1.82) is 5.26 Å². The van der Waals surface area contributed by atoms with Crippen LogP contribution in [-0.4, -0.2) is 24.7 Å². The van der Waals surface area contributed by atoms with E-state index in [1.165, 1.54) is 29.5 Å². The van der Waals surface area contributed by atoms with Crippen molar-refractivity contribution in [1.82, 2.24) is 19.6 Å². The molecular weight excluding hydrogens is 350 g/mol. The fourth-order valence-corrected chi connectivity index (χ4v) is 3.72. The highest BCUT2D eigenvalue weighted by Crippen LogP contribution is 2.26. The highest BCUT2D eigenvalue weighted by molar-refractivity contribution is 5.81. The molecule has 0 spiro atoms. The molecule has 0 amide bonds. The molecule has 0 bridgehead atoms. The molecule has 1 N–H and O–H groups in total. The molecule has 2 aromatic carbocycles. The van der Waals surface area contributed by atoms with Crippen LogP contribution in [0.3, 0.4) is 0 Å². The second-order valence-electron chi connectivity index (χ2n) is 7.07. The molecule has 28 heavy (non-hydrogen) atoms. The van der Waals surface area contributed by atoms with Crippen LogP contribution in [0.25, 0.3) is 16.6 Å². The van der Waals surface area contributed by atoms with E-state index in [1.54, 1.807) is 33.9 Å². The van der Waals surface area contributed by atoms with Gasteiger partial charge >= 0.3 is 0 Å². The van der Waals surface area contributed by atoms with Crippen LogP contribution in [0.2, 0.25) is 0 Å². The Bertz CT molecular complexity index is 1200. The van der Waals surface area contributed by atoms with E-state index < -0.39 is 0 Å². The molecule has 0 atom stereocenters. The second-order valence-corrected chi connectivity index (χ2v) is 7.07. The van der Waals surface area contributed by atoms with Crippen molar-refractivity contribution in [2.24, 2.45) is 7.05 Å². The van der Waals surface area contributed by atoms with E-state index in [-0.39, 0.29) is 5.75 Å². The van der Waals surface area contributed by atoms with Gasteiger partial charge in [-0.3, -0.25) is 4.68 Å². The molecular formula is C22H21N5O. The number of aryl methyl sites for hydroxylation is 3. The van der Waals surface area contributed by atoms with Gasteiger partial charge in [0, 0.05) is 18.5 Å². The average Bonchev–Trinajstić information content (AvgIpc) is 3.41. The monoisotopic (exact) mass is 371 g/mol. The van der Waals surface area contributed by atoms with Gasteiger partial charge in [0.1, 0.15) is 11.4 Å². The van der Waals surface area contributed by atoms with Crippen LogP contribution in [0.15, 0.2) is 48.9 Å². The Morgan fingerprint density at radius 3 is 2.71 bits per heavy atom. The summed E-state index contributed by atoms with van der Waals surface area (Å²) < 4.78 is 3.47. The summed E-state index contributed by atoms with van der Waals surface area (Å²) in [5.74, 6) is 0.234. The first kappa shape index (κ1) is 17.8. The third-order valence-electron chi connectivity index (χ3n) is 5.06. The number of nitriles is 1. The second kappa shape index (κ2) is 7.20. The van der Waals surface area contributed by atoms with Crippen LogP contribution in [0.4, 0.5) is 0 Å². The first-order chi connectivity index (χ1) is 13.5. The Morgan fingerprint density at radius 2 is 1.96 bits per heavy atom. The maximum atomic E-state index is 9.46. The zero-order chi connectivity index (χ0) is 19.7. The van der Waals surface area contributed by atoms with Gasteiger partial charge in [-0.25, -0.2) is 4.68 Å². The highest BCUT2D eigenvalue weighted by atomic mass is 16.3. The Hall–Kier alpha value is -3.59. The van der Waals surface area contributed by atoms with Gasteiger partial charge in [-0.05, 0) is 67.1 Å². The fourth-order valence-electron chi connectivity index (χ4n) is 3.72. The summed E-state index contributed by atoms with van der Waals surface area (Å²) in [6.45, 7) is 2.10. The molecule has 2 heterocycles. The number of hydrogen-bond acceptors (Lipinski definition) is 4. The number of phenolic OH excluding ortho intramolecular Hbond substituents is 1. The van der Waals surface area contributed by atoms with Gasteiger partial charge in [0.05, 0.1) is 35.7 Å². The smallest absolute Gasteiger partial charge is 0.117 e. The molecule has 0 unspecified atom stereocenters. The van der Waals surface area contributed by atoms with E-state index in [0.717, 1.165) is 28.6 Å². The number of benzene rings is 2. The zero-order valence-electron chi connectivity index (χ0n) is 15.9. The molecule has 4 aromatic rings. The first-order valence-electron chi connectivity index (χ1n) is 9.23. The SMILES string of the molecule is Cc1cc(C#N)cc2c1CCC2.Cn1cc(-n2ncc3ccc(O)cc32)cn1. The van der Waals surface area contributed by atoms with Crippen LogP contribution in [-0.2, 0) is 19.9 Å². The quantitative estimate of drug-likeness (QED) is 0.552. The lowest BCUT2D eigenvalue weighted by atomic mass is 10.0. The number of fused-ring (bicyclic) bond motifs is 2. The molecule has 0 saturated carbocycles. The lowest BCUT2D eigenvalue weighted by molar-refractivity contribution is 0.476. The van der Waals surface area contributed by atoms with Crippen LogP contribution in [0, 0.1) is 18.3 Å². The van der Waals surface area contributed by atoms with Gasteiger partial charge in [0.2, 0.25) is 0 Å². The van der Waals surface area contributed by atoms with Crippen LogP contribution in [0.1, 0.15) is 28.7 Å². The molecule has 2 aromatic heterocycles. The van der Waals surface area contributed by atoms with E-state index in [2.05, 4.69) is 23.2 Å². The van der Waals surface area contributed by atoms with Crippen molar-refractivity contribution in [3.63, 3.8) is 0 Å². The first-order valence-corrected chi connectivity index (χ1v) is 9.23. The van der Waals surface area contributed by atoms with Gasteiger partial charge in [0.15, 0.2) is 0 Å². The summed E-state index contributed by atoms with van der Waals surface area (Å²) in [6, 6.07) is 11.4. The molecule has 0 aliphatic heterocycles. The molecule has 140 valence electrons. The fraction of sp³-hybridized carbons (Fsp3) is 0.227. The van der Waals surface area contributed by atoms with Gasteiger partial charge in [-0.2, -0.15) is 15.5 Å². The summed E-state index contributed by atoms with van der Waals surface area (Å²) in [6.07, 6.45) is 8.98. The van der Waals surface area contributed by atoms with Crippen LogP contribution in [0.5, 0.6) is 5.75 Å². The maximum Gasteiger partial charge on any atom is 0.117 e. The third kappa shape index (κ3) is 3.35. The minimum atomic E-state index is 0.234. The molecule has 6 heteroatoms. The average molecular weight is 371 g/mol. The Kier molecular flexibility index (Phi) is 4.58. The van der Waals surface area contributed by atoms with Crippen LogP contribution >= 0.6 is 0 Å². The summed E-state index contributed by atoms with van der Waals surface area (Å²) in [4.78, 5) is 0. The Labute approximate surface area is 163 Å². The van der Waals surface area contributed by atoms with Gasteiger partial charge in [-0.1, -0.05) is 0 Å². The highest BCUT2D eigenvalue weighted by Gasteiger charge is 2.13. The largest absolute Gasteiger partial charge is 0.508 e. The van der Waals surface area contributed by atoms with E-state index >= 15 is 0 Å². The topological polar surface area (TPSA) is 79.7 Å². The molecule has 1 aliphatic rings. The van der Waals surface area contributed by atoms with E-state index in [9.17, 15) is 5.11 Å². The van der Waals surface area contributed by atoms with Gasteiger partial charge in [-0.15, -0.1) is 0 Å². The predicted octanol–water partition coefficient (Wildman–Crippen LogP) is 3.82. The predicted molar refractivity (Wildman–Crippen MR) is 107 cm³/mol. The van der Waals surface area contributed by atoms with Crippen molar-refractivity contribution >= 4 is 10.9 Å².